The molecule has 1 rings (SSSR count). The highest BCUT2D eigenvalue weighted by atomic mass is 16.7. The Hall–Kier alpha value is -1.43. The predicted molar refractivity (Wildman–Crippen MR) is 66.3 cm³/mol. The quantitative estimate of drug-likeness (QED) is 0.687. The van der Waals surface area contributed by atoms with Crippen molar-refractivity contribution < 1.29 is 19.2 Å². The Morgan fingerprint density at radius 2 is 1.72 bits per heavy atom. The van der Waals surface area contributed by atoms with Crippen LogP contribution in [0.4, 0.5) is 0 Å². The van der Waals surface area contributed by atoms with Gasteiger partial charge in [-0.3, -0.25) is 9.59 Å². The number of carbonyl (C=O) groups is 3. The third-order valence-corrected chi connectivity index (χ3v) is 2.19. The van der Waals surface area contributed by atoms with E-state index in [9.17, 15) is 14.4 Å². The number of nitrogens with zero attached hydrogens (tertiary/aromatic N) is 2. The molecule has 0 aromatic heterocycles. The molecule has 0 aliphatic carbocycles. The van der Waals surface area contributed by atoms with Gasteiger partial charge in [0, 0.05) is 19.3 Å². The molecule has 1 fully saturated rings. The lowest BCUT2D eigenvalue weighted by atomic mass is 10.3. The maximum atomic E-state index is 11.3. The van der Waals surface area contributed by atoms with Crippen molar-refractivity contribution in [3.05, 3.63) is 0 Å². The smallest absolute Gasteiger partial charge is 0.330 e. The summed E-state index contributed by atoms with van der Waals surface area (Å²) in [6.45, 7) is 4.76. The average molecular weight is 258 g/mol. The van der Waals surface area contributed by atoms with Gasteiger partial charge in [0.05, 0.1) is 0 Å². The lowest BCUT2D eigenvalue weighted by molar-refractivity contribution is -0.197. The highest BCUT2D eigenvalue weighted by molar-refractivity contribution is 6.01. The monoisotopic (exact) mass is 258 g/mol. The van der Waals surface area contributed by atoms with Crippen LogP contribution in [0.2, 0.25) is 0 Å². The maximum Gasteiger partial charge on any atom is 0.333 e. The topological polar surface area (TPSA) is 66.9 Å². The van der Waals surface area contributed by atoms with Crippen molar-refractivity contribution in [1.82, 2.24) is 9.96 Å². The van der Waals surface area contributed by atoms with Gasteiger partial charge in [-0.2, -0.15) is 0 Å². The Morgan fingerprint density at radius 3 is 2.17 bits per heavy atom. The Morgan fingerprint density at radius 1 is 1.22 bits per heavy atom. The minimum Gasteiger partial charge on any atom is -0.330 e. The second-order valence-electron chi connectivity index (χ2n) is 3.95. The molecule has 6 heteroatoms. The first-order valence-electron chi connectivity index (χ1n) is 6.22. The fourth-order valence-electron chi connectivity index (χ4n) is 1.34. The van der Waals surface area contributed by atoms with E-state index in [4.69, 9.17) is 4.84 Å². The summed E-state index contributed by atoms with van der Waals surface area (Å²) in [5, 5.41) is 0.581. The van der Waals surface area contributed by atoms with Gasteiger partial charge >= 0.3 is 5.97 Å². The summed E-state index contributed by atoms with van der Waals surface area (Å²) in [7, 11) is 3.80. The van der Waals surface area contributed by atoms with Crippen LogP contribution in [-0.4, -0.2) is 48.4 Å². The van der Waals surface area contributed by atoms with E-state index >= 15 is 0 Å². The molecular formula is C12H22N2O4. The molecule has 6 nitrogen and oxygen atoms in total. The molecule has 1 heterocycles. The van der Waals surface area contributed by atoms with Gasteiger partial charge in [-0.05, 0) is 27.1 Å². The maximum absolute atomic E-state index is 11.3. The molecule has 18 heavy (non-hydrogen) atoms. The average Bonchev–Trinajstić information content (AvgIpc) is 2.63. The number of hydrogen-bond donors (Lipinski definition) is 0. The van der Waals surface area contributed by atoms with Gasteiger partial charge in [-0.15, -0.1) is 5.06 Å². The zero-order valence-electron chi connectivity index (χ0n) is 11.6. The second-order valence-corrected chi connectivity index (χ2v) is 3.95. The third kappa shape index (κ3) is 5.77. The summed E-state index contributed by atoms with van der Waals surface area (Å²) in [5.74, 6) is -1.41. The van der Waals surface area contributed by atoms with Crippen LogP contribution in [0.25, 0.3) is 0 Å². The van der Waals surface area contributed by atoms with Gasteiger partial charge < -0.3 is 9.74 Å². The van der Waals surface area contributed by atoms with Crippen LogP contribution in [-0.2, 0) is 19.2 Å². The lowest BCUT2D eigenvalue weighted by Crippen LogP contribution is -2.32. The number of carbonyl (C=O) groups excluding carboxylic acids is 3. The number of hydrogen-bond acceptors (Lipinski definition) is 5. The zero-order valence-corrected chi connectivity index (χ0v) is 11.6. The van der Waals surface area contributed by atoms with Crippen molar-refractivity contribution in [2.75, 3.05) is 20.6 Å². The summed E-state index contributed by atoms with van der Waals surface area (Å²) in [6.07, 6.45) is 1.10. The van der Waals surface area contributed by atoms with Crippen LogP contribution in [0.5, 0.6) is 0 Å². The van der Waals surface area contributed by atoms with Crippen LogP contribution in [0, 0.1) is 0 Å². The first-order chi connectivity index (χ1) is 8.50. The summed E-state index contributed by atoms with van der Waals surface area (Å²) < 4.78 is 0. The van der Waals surface area contributed by atoms with Crippen LogP contribution < -0.4 is 0 Å². The summed E-state index contributed by atoms with van der Waals surface area (Å²) in [6, 6.07) is 0. The van der Waals surface area contributed by atoms with E-state index in [1.165, 1.54) is 0 Å². The van der Waals surface area contributed by atoms with E-state index in [0.29, 0.717) is 11.5 Å². The predicted octanol–water partition coefficient (Wildman–Crippen LogP) is 0.962. The normalized spacial score (nSPS) is 14.6. The molecule has 0 radical (unpaired) electrons. The van der Waals surface area contributed by atoms with Crippen molar-refractivity contribution in [2.24, 2.45) is 0 Å². The summed E-state index contributed by atoms with van der Waals surface area (Å²) in [5.41, 5.74) is 0. The van der Waals surface area contributed by atoms with E-state index in [1.54, 1.807) is 0 Å². The van der Waals surface area contributed by atoms with Gasteiger partial charge in [-0.25, -0.2) is 4.79 Å². The van der Waals surface area contributed by atoms with Gasteiger partial charge in [-0.1, -0.05) is 13.8 Å². The molecule has 1 aliphatic rings. The molecule has 104 valence electrons. The third-order valence-electron chi connectivity index (χ3n) is 2.19. The minimum atomic E-state index is -0.537. The van der Waals surface area contributed by atoms with Gasteiger partial charge in [0.15, 0.2) is 0 Å². The standard InChI is InChI=1S/C10H16N2O4.C2H6/c1-11(2)7-3-4-10(15)16-12-8(13)5-6-9(12)14;1-2/h3-7H2,1-2H3;1-2H3. The van der Waals surface area contributed by atoms with Crippen LogP contribution in [0.15, 0.2) is 0 Å². The Bertz CT molecular complexity index is 286. The highest BCUT2D eigenvalue weighted by Crippen LogP contribution is 2.12. The Balaban J connectivity index is 0.00000137. The molecular weight excluding hydrogens is 236 g/mol. The molecule has 0 aromatic rings. The highest BCUT2D eigenvalue weighted by Gasteiger charge is 2.32. The number of imide groups is 1. The molecule has 0 spiro atoms. The van der Waals surface area contributed by atoms with Gasteiger partial charge in [0.1, 0.15) is 0 Å². The first-order valence-corrected chi connectivity index (χ1v) is 6.22. The van der Waals surface area contributed by atoms with Gasteiger partial charge in [0.25, 0.3) is 11.8 Å². The molecule has 0 atom stereocenters. The number of rotatable bonds is 5. The number of hydroxylamine groups is 2. The molecule has 1 saturated heterocycles. The van der Waals surface area contributed by atoms with Crippen molar-refractivity contribution in [1.29, 1.82) is 0 Å². The van der Waals surface area contributed by atoms with Crippen LogP contribution in [0.3, 0.4) is 0 Å². The fraction of sp³-hybridized carbons (Fsp3) is 0.750. The van der Waals surface area contributed by atoms with E-state index in [1.807, 2.05) is 32.8 Å². The Labute approximate surface area is 108 Å². The largest absolute Gasteiger partial charge is 0.333 e. The van der Waals surface area contributed by atoms with E-state index < -0.39 is 17.8 Å². The van der Waals surface area contributed by atoms with E-state index in [-0.39, 0.29) is 19.3 Å². The first kappa shape index (κ1) is 16.6. The molecule has 1 aliphatic heterocycles. The summed E-state index contributed by atoms with van der Waals surface area (Å²) >= 11 is 0. The minimum absolute atomic E-state index is 0.129. The van der Waals surface area contributed by atoms with Crippen molar-refractivity contribution in [3.63, 3.8) is 0 Å². The molecule has 0 N–H and O–H groups in total. The molecule has 0 unspecified atom stereocenters. The van der Waals surface area contributed by atoms with E-state index in [2.05, 4.69) is 0 Å². The van der Waals surface area contributed by atoms with Crippen LogP contribution >= 0.6 is 0 Å². The second kappa shape index (κ2) is 8.63. The SMILES string of the molecule is CC.CN(C)CCCC(=O)ON1C(=O)CCC1=O. The van der Waals surface area contributed by atoms with Gasteiger partial charge in [0.2, 0.25) is 0 Å². The van der Waals surface area contributed by atoms with Crippen molar-refractivity contribution >= 4 is 17.8 Å². The molecule has 2 amide bonds. The lowest BCUT2D eigenvalue weighted by Gasteiger charge is -2.13. The summed E-state index contributed by atoms with van der Waals surface area (Å²) in [4.78, 5) is 40.2. The van der Waals surface area contributed by atoms with Crippen LogP contribution in [0.1, 0.15) is 39.5 Å². The molecule has 0 aromatic carbocycles. The van der Waals surface area contributed by atoms with Crippen molar-refractivity contribution in [3.8, 4) is 0 Å². The Kier molecular flexibility index (Phi) is 7.94. The zero-order chi connectivity index (χ0) is 14.1. The number of amides is 2. The fourth-order valence-corrected chi connectivity index (χ4v) is 1.34. The molecule has 0 bridgehead atoms. The van der Waals surface area contributed by atoms with Crippen molar-refractivity contribution in [2.45, 2.75) is 39.5 Å². The molecule has 0 saturated carbocycles. The van der Waals surface area contributed by atoms with E-state index in [0.717, 1.165) is 6.54 Å².